The minimum atomic E-state index is -0.456. The van der Waals surface area contributed by atoms with Crippen molar-refractivity contribution in [2.24, 2.45) is 7.05 Å². The van der Waals surface area contributed by atoms with Crippen molar-refractivity contribution < 1.29 is 9.59 Å². The van der Waals surface area contributed by atoms with Gasteiger partial charge in [-0.05, 0) is 14.1 Å². The van der Waals surface area contributed by atoms with Gasteiger partial charge in [-0.3, -0.25) is 14.3 Å². The highest BCUT2D eigenvalue weighted by atomic mass is 16.2. The van der Waals surface area contributed by atoms with Crippen LogP contribution >= 0.6 is 0 Å². The van der Waals surface area contributed by atoms with E-state index in [1.54, 1.807) is 24.1 Å². The fraction of sp³-hybridized carbons (Fsp3) is 0.667. The molecule has 1 aliphatic heterocycles. The Hall–Kier alpha value is -1.93. The molecule has 1 unspecified atom stereocenters. The summed E-state index contributed by atoms with van der Waals surface area (Å²) in [6, 6.07) is -0.456. The highest BCUT2D eigenvalue weighted by Gasteiger charge is 2.21. The summed E-state index contributed by atoms with van der Waals surface area (Å²) in [7, 11) is 5.59. The standard InChI is InChI=1S/C15H26N6O2/c1-16-14(12-10-18-20(3)11-12)15(23)17-5-4-13(22)21-8-6-19(2)7-9-21/h10-11,14,16H,4-9H2,1-3H3,(H,17,23). The molecule has 8 heteroatoms. The van der Waals surface area contributed by atoms with Crippen LogP contribution in [-0.2, 0) is 16.6 Å². The molecular formula is C15H26N6O2. The summed E-state index contributed by atoms with van der Waals surface area (Å²) in [4.78, 5) is 28.4. The second-order valence-electron chi connectivity index (χ2n) is 5.89. The Kier molecular flexibility index (Phi) is 6.12. The van der Waals surface area contributed by atoms with E-state index in [0.717, 1.165) is 31.7 Å². The van der Waals surface area contributed by atoms with Crippen molar-refractivity contribution in [3.05, 3.63) is 18.0 Å². The predicted molar refractivity (Wildman–Crippen MR) is 86.7 cm³/mol. The van der Waals surface area contributed by atoms with E-state index in [1.807, 2.05) is 11.9 Å². The van der Waals surface area contributed by atoms with Gasteiger partial charge in [-0.25, -0.2) is 0 Å². The number of aromatic nitrogens is 2. The van der Waals surface area contributed by atoms with Gasteiger partial charge in [0.25, 0.3) is 0 Å². The Balaban J connectivity index is 1.76. The Morgan fingerprint density at radius 2 is 1.96 bits per heavy atom. The molecule has 2 heterocycles. The zero-order valence-electron chi connectivity index (χ0n) is 14.1. The molecule has 1 saturated heterocycles. The number of nitrogens with one attached hydrogen (secondary N) is 2. The van der Waals surface area contributed by atoms with Crippen LogP contribution in [0.25, 0.3) is 0 Å². The van der Waals surface area contributed by atoms with Crippen LogP contribution in [-0.4, -0.2) is 78.2 Å². The summed E-state index contributed by atoms with van der Waals surface area (Å²) in [5.41, 5.74) is 0.804. The molecule has 1 aliphatic rings. The summed E-state index contributed by atoms with van der Waals surface area (Å²) in [6.45, 7) is 3.68. The number of hydrogen-bond acceptors (Lipinski definition) is 5. The third kappa shape index (κ3) is 4.77. The molecule has 2 rings (SSSR count). The van der Waals surface area contributed by atoms with Gasteiger partial charge >= 0.3 is 0 Å². The van der Waals surface area contributed by atoms with Gasteiger partial charge in [-0.15, -0.1) is 0 Å². The fourth-order valence-electron chi connectivity index (χ4n) is 2.65. The number of likely N-dealkylation sites (N-methyl/N-ethyl adjacent to an activating group) is 2. The van der Waals surface area contributed by atoms with Gasteiger partial charge in [0.05, 0.1) is 6.20 Å². The lowest BCUT2D eigenvalue weighted by Gasteiger charge is -2.32. The molecule has 0 radical (unpaired) electrons. The Labute approximate surface area is 136 Å². The van der Waals surface area contributed by atoms with Crippen molar-refractivity contribution in [2.75, 3.05) is 46.8 Å². The normalized spacial score (nSPS) is 17.1. The maximum atomic E-state index is 12.2. The molecule has 1 aromatic rings. The number of nitrogens with zero attached hydrogens (tertiary/aromatic N) is 4. The van der Waals surface area contributed by atoms with Crippen molar-refractivity contribution >= 4 is 11.8 Å². The molecule has 8 nitrogen and oxygen atoms in total. The van der Waals surface area contributed by atoms with Gasteiger partial charge in [0, 0.05) is 58.0 Å². The Bertz CT molecular complexity index is 536. The number of aryl methyl sites for hydroxylation is 1. The first-order chi connectivity index (χ1) is 11.0. The lowest BCUT2D eigenvalue weighted by molar-refractivity contribution is -0.132. The molecule has 1 aromatic heterocycles. The third-order valence-corrected chi connectivity index (χ3v) is 4.10. The molecule has 1 atom stereocenters. The molecule has 2 amide bonds. The van der Waals surface area contributed by atoms with E-state index in [1.165, 1.54) is 0 Å². The quantitative estimate of drug-likeness (QED) is 0.699. The number of piperazine rings is 1. The van der Waals surface area contributed by atoms with Crippen LogP contribution < -0.4 is 10.6 Å². The second-order valence-corrected chi connectivity index (χ2v) is 5.89. The molecule has 1 fully saturated rings. The first kappa shape index (κ1) is 17.4. The molecule has 23 heavy (non-hydrogen) atoms. The zero-order chi connectivity index (χ0) is 16.8. The van der Waals surface area contributed by atoms with Crippen molar-refractivity contribution in [3.8, 4) is 0 Å². The van der Waals surface area contributed by atoms with E-state index in [4.69, 9.17) is 0 Å². The van der Waals surface area contributed by atoms with Crippen LogP contribution in [0.1, 0.15) is 18.0 Å². The molecule has 0 aliphatic carbocycles. The lowest BCUT2D eigenvalue weighted by Crippen LogP contribution is -2.48. The highest BCUT2D eigenvalue weighted by Crippen LogP contribution is 2.11. The van der Waals surface area contributed by atoms with E-state index >= 15 is 0 Å². The molecule has 2 N–H and O–H groups in total. The third-order valence-electron chi connectivity index (χ3n) is 4.10. The lowest BCUT2D eigenvalue weighted by atomic mass is 10.1. The molecule has 0 saturated carbocycles. The van der Waals surface area contributed by atoms with Gasteiger partial charge in [0.1, 0.15) is 6.04 Å². The first-order valence-corrected chi connectivity index (χ1v) is 7.91. The Morgan fingerprint density at radius 1 is 1.26 bits per heavy atom. The van der Waals surface area contributed by atoms with Gasteiger partial charge in [-0.2, -0.15) is 5.10 Å². The molecular weight excluding hydrogens is 296 g/mol. The summed E-state index contributed by atoms with van der Waals surface area (Å²) in [6.07, 6.45) is 3.80. The average Bonchev–Trinajstić information content (AvgIpc) is 2.95. The van der Waals surface area contributed by atoms with Crippen LogP contribution in [0.3, 0.4) is 0 Å². The van der Waals surface area contributed by atoms with Gasteiger partial charge in [0.15, 0.2) is 0 Å². The summed E-state index contributed by atoms with van der Waals surface area (Å²) in [5.74, 6) is -0.0486. The molecule has 128 valence electrons. The molecule has 0 aromatic carbocycles. The minimum Gasteiger partial charge on any atom is -0.354 e. The Morgan fingerprint density at radius 3 is 2.52 bits per heavy atom. The first-order valence-electron chi connectivity index (χ1n) is 7.91. The van der Waals surface area contributed by atoms with E-state index in [2.05, 4.69) is 27.7 Å². The largest absolute Gasteiger partial charge is 0.354 e. The van der Waals surface area contributed by atoms with Crippen molar-refractivity contribution in [1.29, 1.82) is 0 Å². The highest BCUT2D eigenvalue weighted by molar-refractivity contribution is 5.84. The minimum absolute atomic E-state index is 0.0979. The summed E-state index contributed by atoms with van der Waals surface area (Å²) in [5, 5.41) is 9.87. The maximum Gasteiger partial charge on any atom is 0.241 e. The number of carbonyl (C=O) groups excluding carboxylic acids is 2. The van der Waals surface area contributed by atoms with E-state index in [0.29, 0.717) is 13.0 Å². The summed E-state index contributed by atoms with van der Waals surface area (Å²) < 4.78 is 1.66. The smallest absolute Gasteiger partial charge is 0.241 e. The van der Waals surface area contributed by atoms with Crippen LogP contribution in [0, 0.1) is 0 Å². The topological polar surface area (TPSA) is 82.5 Å². The van der Waals surface area contributed by atoms with E-state index < -0.39 is 6.04 Å². The van der Waals surface area contributed by atoms with Crippen LogP contribution in [0.4, 0.5) is 0 Å². The van der Waals surface area contributed by atoms with Crippen molar-refractivity contribution in [1.82, 2.24) is 30.2 Å². The van der Waals surface area contributed by atoms with E-state index in [-0.39, 0.29) is 11.8 Å². The summed E-state index contributed by atoms with van der Waals surface area (Å²) >= 11 is 0. The number of amides is 2. The van der Waals surface area contributed by atoms with Crippen LogP contribution in [0.5, 0.6) is 0 Å². The van der Waals surface area contributed by atoms with Gasteiger partial charge in [-0.1, -0.05) is 0 Å². The number of carbonyl (C=O) groups is 2. The average molecular weight is 322 g/mol. The monoisotopic (exact) mass is 322 g/mol. The van der Waals surface area contributed by atoms with Crippen LogP contribution in [0.2, 0.25) is 0 Å². The van der Waals surface area contributed by atoms with Crippen molar-refractivity contribution in [2.45, 2.75) is 12.5 Å². The van der Waals surface area contributed by atoms with E-state index in [9.17, 15) is 9.59 Å². The zero-order valence-corrected chi connectivity index (χ0v) is 14.1. The molecule has 0 spiro atoms. The van der Waals surface area contributed by atoms with Crippen molar-refractivity contribution in [3.63, 3.8) is 0 Å². The maximum absolute atomic E-state index is 12.2. The SMILES string of the molecule is CNC(C(=O)NCCC(=O)N1CCN(C)CC1)c1cnn(C)c1. The number of rotatable bonds is 6. The second kappa shape index (κ2) is 8.07. The fourth-order valence-corrected chi connectivity index (χ4v) is 2.65. The van der Waals surface area contributed by atoms with Gasteiger partial charge < -0.3 is 20.4 Å². The number of hydrogen-bond donors (Lipinski definition) is 2. The van der Waals surface area contributed by atoms with Crippen LogP contribution in [0.15, 0.2) is 12.4 Å². The van der Waals surface area contributed by atoms with Gasteiger partial charge in [0.2, 0.25) is 11.8 Å². The molecule has 0 bridgehead atoms. The predicted octanol–water partition coefficient (Wildman–Crippen LogP) is -1.04.